The van der Waals surface area contributed by atoms with Crippen molar-refractivity contribution in [3.05, 3.63) is 0 Å². The van der Waals surface area contributed by atoms with Crippen LogP contribution in [0.5, 0.6) is 0 Å². The van der Waals surface area contributed by atoms with Gasteiger partial charge in [-0.3, -0.25) is 19.2 Å². The number of methoxy groups -OCH3 is 2. The molecule has 0 aliphatic carbocycles. The van der Waals surface area contributed by atoms with E-state index in [4.69, 9.17) is 4.74 Å². The molecule has 0 N–H and O–H groups in total. The molecule has 0 saturated heterocycles. The van der Waals surface area contributed by atoms with Crippen molar-refractivity contribution in [1.82, 2.24) is 0 Å². The highest BCUT2D eigenvalue weighted by atomic mass is 16.6. The Labute approximate surface area is 309 Å². The lowest BCUT2D eigenvalue weighted by Gasteiger charge is -2.05. The van der Waals surface area contributed by atoms with Gasteiger partial charge in [-0.15, -0.1) is 0 Å². The molecule has 0 unspecified atom stereocenters. The van der Waals surface area contributed by atoms with Crippen molar-refractivity contribution < 1.29 is 38.1 Å². The number of carbonyl (C=O) groups excluding carboxylic acids is 4. The van der Waals surface area contributed by atoms with Crippen LogP contribution >= 0.6 is 0 Å². The Hall–Kier alpha value is -2.12. The predicted molar refractivity (Wildman–Crippen MR) is 207 cm³/mol. The molecule has 0 atom stereocenters. The summed E-state index contributed by atoms with van der Waals surface area (Å²) in [5.74, 6) is -0.693. The summed E-state index contributed by atoms with van der Waals surface area (Å²) < 4.78 is 18.7. The molecule has 50 heavy (non-hydrogen) atoms. The summed E-state index contributed by atoms with van der Waals surface area (Å²) >= 11 is 0. The van der Waals surface area contributed by atoms with Crippen molar-refractivity contribution in [2.24, 2.45) is 0 Å². The minimum absolute atomic E-state index is 0.0666. The van der Waals surface area contributed by atoms with Gasteiger partial charge in [-0.2, -0.15) is 0 Å². The first kappa shape index (κ1) is 52.2. The van der Waals surface area contributed by atoms with Gasteiger partial charge in [0.15, 0.2) is 0 Å². The van der Waals surface area contributed by atoms with Crippen LogP contribution in [0.4, 0.5) is 0 Å². The first-order valence-corrected chi connectivity index (χ1v) is 20.7. The summed E-state index contributed by atoms with van der Waals surface area (Å²) in [5, 5.41) is 0. The smallest absolute Gasteiger partial charge is 0.305 e. The quantitative estimate of drug-likeness (QED) is 0.0376. The number of hydrogen-bond donors (Lipinski definition) is 0. The highest BCUT2D eigenvalue weighted by molar-refractivity contribution is 5.69. The molecule has 0 aliphatic heterocycles. The molecule has 298 valence electrons. The van der Waals surface area contributed by atoms with Gasteiger partial charge in [0.2, 0.25) is 0 Å². The van der Waals surface area contributed by atoms with Crippen LogP contribution in [-0.4, -0.2) is 51.3 Å². The molecule has 0 aromatic heterocycles. The van der Waals surface area contributed by atoms with Crippen LogP contribution in [0, 0.1) is 0 Å². The fraction of sp³-hybridized carbons (Fsp3) is 0.905. The molecule has 0 aromatic carbocycles. The Morgan fingerprint density at radius 2 is 0.580 bits per heavy atom. The second-order valence-electron chi connectivity index (χ2n) is 13.4. The standard InChI is InChI=1S/C17H32O4.C17H34O2.C8H16O2/c1-3-4-5-6-7-8-9-10-11-12-13-17(19)21-15-14-20-16(2)18;1-3-4-5-6-7-8-9-10-11-12-13-14-15-16-17(18)19-2;1-3-4-5-6-7-8(9)10-2/h3-15H2,1-2H3;3-16H2,1-2H3;3-7H2,1-2H3. The van der Waals surface area contributed by atoms with Crippen LogP contribution in [0.25, 0.3) is 0 Å². The van der Waals surface area contributed by atoms with E-state index in [0.717, 1.165) is 32.1 Å². The van der Waals surface area contributed by atoms with E-state index in [-0.39, 0.29) is 37.1 Å². The minimum Gasteiger partial charge on any atom is -0.469 e. The molecule has 0 bridgehead atoms. The largest absolute Gasteiger partial charge is 0.469 e. The van der Waals surface area contributed by atoms with Gasteiger partial charge in [0.25, 0.3) is 0 Å². The summed E-state index contributed by atoms with van der Waals surface area (Å²) in [6, 6.07) is 0. The zero-order valence-corrected chi connectivity index (χ0v) is 33.9. The molecule has 0 saturated carbocycles. The topological polar surface area (TPSA) is 105 Å². The molecule has 0 aromatic rings. The van der Waals surface area contributed by atoms with Crippen molar-refractivity contribution in [2.75, 3.05) is 27.4 Å². The lowest BCUT2D eigenvalue weighted by Crippen LogP contribution is -2.12. The fourth-order valence-corrected chi connectivity index (χ4v) is 5.36. The average Bonchev–Trinajstić information content (AvgIpc) is 3.11. The molecule has 0 rings (SSSR count). The second kappa shape index (κ2) is 46.9. The van der Waals surface area contributed by atoms with Crippen LogP contribution in [0.3, 0.4) is 0 Å². The van der Waals surface area contributed by atoms with Crippen molar-refractivity contribution in [3.8, 4) is 0 Å². The molecular formula is C42H82O8. The van der Waals surface area contributed by atoms with E-state index in [1.54, 1.807) is 0 Å². The molecule has 8 heteroatoms. The van der Waals surface area contributed by atoms with Gasteiger partial charge in [0, 0.05) is 26.2 Å². The van der Waals surface area contributed by atoms with E-state index in [2.05, 4.69) is 35.0 Å². The fourth-order valence-electron chi connectivity index (χ4n) is 5.36. The van der Waals surface area contributed by atoms with Crippen molar-refractivity contribution in [2.45, 2.75) is 220 Å². The highest BCUT2D eigenvalue weighted by Crippen LogP contribution is 2.14. The SMILES string of the molecule is CCCCCCC(=O)OC.CCCCCCCCCCCCC(=O)OCCOC(C)=O.CCCCCCCCCCCCCCCC(=O)OC. The third kappa shape index (κ3) is 52.7. The van der Waals surface area contributed by atoms with E-state index in [1.165, 1.54) is 162 Å². The molecule has 0 aliphatic rings. The van der Waals surface area contributed by atoms with Gasteiger partial charge >= 0.3 is 23.9 Å². The molecule has 0 radical (unpaired) electrons. The summed E-state index contributed by atoms with van der Waals surface area (Å²) in [7, 11) is 2.90. The van der Waals surface area contributed by atoms with E-state index in [1.807, 2.05) is 0 Å². The van der Waals surface area contributed by atoms with Gasteiger partial charge in [0.1, 0.15) is 13.2 Å². The average molecular weight is 715 g/mol. The molecular weight excluding hydrogens is 632 g/mol. The molecule has 0 fully saturated rings. The monoisotopic (exact) mass is 715 g/mol. The van der Waals surface area contributed by atoms with E-state index >= 15 is 0 Å². The number of rotatable bonds is 33. The molecule has 0 spiro atoms. The molecule has 8 nitrogen and oxygen atoms in total. The Balaban J connectivity index is -0.000000703. The Morgan fingerprint density at radius 1 is 0.340 bits per heavy atom. The third-order valence-electron chi connectivity index (χ3n) is 8.56. The summed E-state index contributed by atoms with van der Waals surface area (Å²) in [6.07, 6.45) is 36.1. The maximum atomic E-state index is 11.4. The lowest BCUT2D eigenvalue weighted by atomic mass is 10.0. The lowest BCUT2D eigenvalue weighted by molar-refractivity contribution is -0.151. The summed E-state index contributed by atoms with van der Waals surface area (Å²) in [6.45, 7) is 8.31. The number of carbonyl (C=O) groups is 4. The van der Waals surface area contributed by atoms with Gasteiger partial charge in [0.05, 0.1) is 14.2 Å². The van der Waals surface area contributed by atoms with E-state index in [9.17, 15) is 19.2 Å². The first-order chi connectivity index (χ1) is 24.3. The maximum absolute atomic E-state index is 11.4. The van der Waals surface area contributed by atoms with Crippen LogP contribution in [0.1, 0.15) is 220 Å². The summed E-state index contributed by atoms with van der Waals surface area (Å²) in [4.78, 5) is 43.3. The minimum atomic E-state index is -0.347. The zero-order chi connectivity index (χ0) is 37.8. The molecule has 0 amide bonds. The molecule has 0 heterocycles. The van der Waals surface area contributed by atoms with E-state index in [0.29, 0.717) is 19.3 Å². The Kier molecular flexibility index (Phi) is 49.0. The third-order valence-corrected chi connectivity index (χ3v) is 8.56. The van der Waals surface area contributed by atoms with Crippen molar-refractivity contribution in [1.29, 1.82) is 0 Å². The normalized spacial score (nSPS) is 10.3. The van der Waals surface area contributed by atoms with E-state index < -0.39 is 0 Å². The number of hydrogen-bond acceptors (Lipinski definition) is 8. The first-order valence-electron chi connectivity index (χ1n) is 20.7. The maximum Gasteiger partial charge on any atom is 0.305 e. The second-order valence-corrected chi connectivity index (χ2v) is 13.4. The number of ether oxygens (including phenoxy) is 4. The van der Waals surface area contributed by atoms with Crippen LogP contribution in [-0.2, 0) is 38.1 Å². The predicted octanol–water partition coefficient (Wildman–Crippen LogP) is 12.2. The Bertz CT molecular complexity index is 725. The van der Waals surface area contributed by atoms with Crippen LogP contribution in [0.2, 0.25) is 0 Å². The van der Waals surface area contributed by atoms with Gasteiger partial charge in [-0.25, -0.2) is 0 Å². The van der Waals surface area contributed by atoms with Gasteiger partial charge in [-0.1, -0.05) is 175 Å². The van der Waals surface area contributed by atoms with Crippen LogP contribution < -0.4 is 0 Å². The van der Waals surface area contributed by atoms with Crippen molar-refractivity contribution in [3.63, 3.8) is 0 Å². The van der Waals surface area contributed by atoms with Gasteiger partial charge in [-0.05, 0) is 19.3 Å². The summed E-state index contributed by atoms with van der Waals surface area (Å²) in [5.41, 5.74) is 0. The number of unbranched alkanes of at least 4 members (excludes halogenated alkanes) is 24. The van der Waals surface area contributed by atoms with Crippen LogP contribution in [0.15, 0.2) is 0 Å². The zero-order valence-electron chi connectivity index (χ0n) is 33.9. The van der Waals surface area contributed by atoms with Crippen molar-refractivity contribution >= 4 is 23.9 Å². The number of esters is 4. The van der Waals surface area contributed by atoms with Gasteiger partial charge < -0.3 is 18.9 Å². The highest BCUT2D eigenvalue weighted by Gasteiger charge is 2.03. The Morgan fingerprint density at radius 3 is 0.860 bits per heavy atom.